The van der Waals surface area contributed by atoms with Crippen LogP contribution in [-0.2, 0) is 0 Å². The largest absolute Gasteiger partial charge is 0.466 e. The highest BCUT2D eigenvalue weighted by Crippen LogP contribution is 2.33. The molecule has 5 rings (SSSR count). The van der Waals surface area contributed by atoms with Crippen molar-refractivity contribution in [3.05, 3.63) is 77.0 Å². The molecule has 1 aliphatic heterocycles. The number of benzene rings is 2. The molecule has 2 aromatic heterocycles. The van der Waals surface area contributed by atoms with Gasteiger partial charge in [0.05, 0.1) is 30.1 Å². The van der Waals surface area contributed by atoms with Gasteiger partial charge in [0, 0.05) is 34.5 Å². The highest BCUT2D eigenvalue weighted by atomic mass is 79.9. The van der Waals surface area contributed by atoms with Gasteiger partial charge in [-0.3, -0.25) is 4.79 Å². The van der Waals surface area contributed by atoms with Crippen molar-refractivity contribution >= 4 is 32.7 Å². The van der Waals surface area contributed by atoms with Gasteiger partial charge in [-0.05, 0) is 30.3 Å². The maximum absolute atomic E-state index is 14.7. The minimum Gasteiger partial charge on any atom is -0.466 e. The van der Waals surface area contributed by atoms with Crippen molar-refractivity contribution in [2.75, 3.05) is 13.1 Å². The molecular weight excluding hydrogens is 496 g/mol. The van der Waals surface area contributed by atoms with E-state index >= 15 is 0 Å². The van der Waals surface area contributed by atoms with Crippen LogP contribution in [0.15, 0.2) is 71.5 Å². The number of nitrogens with zero attached hydrogens (tertiary/aromatic N) is 5. The Hall–Kier alpha value is -3.40. The topological polar surface area (TPSA) is 73.1 Å². The van der Waals surface area contributed by atoms with E-state index in [1.807, 2.05) is 18.2 Å². The van der Waals surface area contributed by atoms with Crippen LogP contribution in [0, 0.1) is 0 Å². The second kappa shape index (κ2) is 8.51. The maximum Gasteiger partial charge on any atom is 0.287 e. The monoisotopic (exact) mass is 513 g/mol. The zero-order valence-electron chi connectivity index (χ0n) is 17.2. The van der Waals surface area contributed by atoms with Gasteiger partial charge in [0.25, 0.3) is 11.8 Å². The van der Waals surface area contributed by atoms with Crippen LogP contribution in [0.3, 0.4) is 0 Å². The Kier molecular flexibility index (Phi) is 5.53. The second-order valence-corrected chi connectivity index (χ2v) is 8.67. The highest BCUT2D eigenvalue weighted by Gasteiger charge is 2.47. The van der Waals surface area contributed by atoms with E-state index in [0.29, 0.717) is 21.2 Å². The summed E-state index contributed by atoms with van der Waals surface area (Å²) in [6.45, 7) is -0.340. The van der Waals surface area contributed by atoms with Gasteiger partial charge < -0.3 is 9.64 Å². The first-order chi connectivity index (χ1) is 15.9. The number of para-hydroxylation sites is 1. The lowest BCUT2D eigenvalue weighted by molar-refractivity contribution is -0.131. The normalized spacial score (nSPS) is 17.8. The Bertz CT molecular complexity index is 1320. The summed E-state index contributed by atoms with van der Waals surface area (Å²) in [4.78, 5) is 18.9. The van der Waals surface area contributed by atoms with Crippen LogP contribution in [0.1, 0.15) is 16.8 Å². The average Bonchev–Trinajstić information content (AvgIpc) is 3.35. The van der Waals surface area contributed by atoms with Crippen molar-refractivity contribution < 1.29 is 18.3 Å². The third kappa shape index (κ3) is 4.43. The zero-order valence-corrected chi connectivity index (χ0v) is 18.8. The Morgan fingerprint density at radius 3 is 2.82 bits per heavy atom. The van der Waals surface area contributed by atoms with E-state index in [-0.39, 0.29) is 24.9 Å². The molecule has 4 aromatic rings. The number of pyridine rings is 1. The molecule has 10 heteroatoms. The molecule has 1 saturated heterocycles. The second-order valence-electron chi connectivity index (χ2n) is 7.76. The third-order valence-corrected chi connectivity index (χ3v) is 5.97. The molecule has 3 heterocycles. The van der Waals surface area contributed by atoms with Gasteiger partial charge in [0.15, 0.2) is 6.10 Å². The fourth-order valence-corrected chi connectivity index (χ4v) is 4.28. The standard InChI is InChI=1S/C23H18BrF2N5O2/c24-17-11-16(12-18(13-17)31-10-8-27-29-31)22(32)30-9-7-23(25,26)20(14-30)33-21-6-5-15-3-1-2-4-19(15)28-21/h1-6,8,10-13,20H,7,9,14H2/t20-/m0/s1. The van der Waals surface area contributed by atoms with Gasteiger partial charge >= 0.3 is 0 Å². The first-order valence-corrected chi connectivity index (χ1v) is 11.1. The molecule has 0 bridgehead atoms. The number of amides is 1. The minimum absolute atomic E-state index is 0.0813. The number of hydrogen-bond acceptors (Lipinski definition) is 5. The Balaban J connectivity index is 1.38. The van der Waals surface area contributed by atoms with Gasteiger partial charge in [-0.1, -0.05) is 39.3 Å². The number of alkyl halides is 2. The van der Waals surface area contributed by atoms with E-state index in [2.05, 4.69) is 31.2 Å². The molecular formula is C23H18BrF2N5O2. The summed E-state index contributed by atoms with van der Waals surface area (Å²) in [5.41, 5.74) is 1.63. The predicted octanol–water partition coefficient (Wildman–Crippen LogP) is 4.51. The molecule has 0 unspecified atom stereocenters. The smallest absolute Gasteiger partial charge is 0.287 e. The lowest BCUT2D eigenvalue weighted by atomic mass is 10.0. The van der Waals surface area contributed by atoms with Crippen LogP contribution in [0.2, 0.25) is 0 Å². The number of hydrogen-bond donors (Lipinski definition) is 0. The minimum atomic E-state index is -3.09. The Labute approximate surface area is 196 Å². The fourth-order valence-electron chi connectivity index (χ4n) is 3.80. The Morgan fingerprint density at radius 1 is 1.15 bits per heavy atom. The van der Waals surface area contributed by atoms with Gasteiger partial charge in [-0.25, -0.2) is 18.4 Å². The molecule has 33 heavy (non-hydrogen) atoms. The van der Waals surface area contributed by atoms with Crippen molar-refractivity contribution in [1.29, 1.82) is 0 Å². The quantitative estimate of drug-likeness (QED) is 0.401. The van der Waals surface area contributed by atoms with Crippen molar-refractivity contribution in [3.8, 4) is 11.6 Å². The lowest BCUT2D eigenvalue weighted by Crippen LogP contribution is -2.55. The molecule has 1 atom stereocenters. The average molecular weight is 514 g/mol. The number of rotatable bonds is 4. The van der Waals surface area contributed by atoms with Crippen molar-refractivity contribution in [2.24, 2.45) is 0 Å². The van der Waals surface area contributed by atoms with Crippen LogP contribution in [0.25, 0.3) is 16.6 Å². The molecule has 0 radical (unpaired) electrons. The van der Waals surface area contributed by atoms with E-state index in [1.54, 1.807) is 42.6 Å². The molecule has 0 spiro atoms. The number of halogens is 3. The van der Waals surface area contributed by atoms with Gasteiger partial charge in [0.2, 0.25) is 5.88 Å². The summed E-state index contributed by atoms with van der Waals surface area (Å²) >= 11 is 3.40. The maximum atomic E-state index is 14.7. The van der Waals surface area contributed by atoms with Gasteiger partial charge in [-0.2, -0.15) is 0 Å². The highest BCUT2D eigenvalue weighted by molar-refractivity contribution is 9.10. The van der Waals surface area contributed by atoms with Gasteiger partial charge in [-0.15, -0.1) is 5.10 Å². The van der Waals surface area contributed by atoms with Gasteiger partial charge in [0.1, 0.15) is 0 Å². The fraction of sp³-hybridized carbons (Fsp3) is 0.217. The number of likely N-dealkylation sites (tertiary alicyclic amines) is 1. The van der Waals surface area contributed by atoms with E-state index in [1.165, 1.54) is 15.8 Å². The number of fused-ring (bicyclic) bond motifs is 1. The molecule has 1 amide bonds. The third-order valence-electron chi connectivity index (χ3n) is 5.51. The first kappa shape index (κ1) is 21.4. The predicted molar refractivity (Wildman–Crippen MR) is 121 cm³/mol. The number of aromatic nitrogens is 4. The van der Waals surface area contributed by atoms with Crippen LogP contribution < -0.4 is 4.74 Å². The summed E-state index contributed by atoms with van der Waals surface area (Å²) in [6.07, 6.45) is 1.17. The number of piperidine rings is 1. The lowest BCUT2D eigenvalue weighted by Gasteiger charge is -2.38. The van der Waals surface area contributed by atoms with Crippen molar-refractivity contribution in [3.63, 3.8) is 0 Å². The number of ether oxygens (including phenoxy) is 1. The molecule has 7 nitrogen and oxygen atoms in total. The molecule has 0 aliphatic carbocycles. The van der Waals surface area contributed by atoms with Crippen LogP contribution in [0.4, 0.5) is 8.78 Å². The zero-order chi connectivity index (χ0) is 23.0. The van der Waals surface area contributed by atoms with E-state index in [4.69, 9.17) is 4.74 Å². The van der Waals surface area contributed by atoms with Crippen LogP contribution in [0.5, 0.6) is 5.88 Å². The summed E-state index contributed by atoms with van der Waals surface area (Å²) in [5.74, 6) is -3.36. The van der Waals surface area contributed by atoms with E-state index in [0.717, 1.165) is 5.39 Å². The van der Waals surface area contributed by atoms with Crippen molar-refractivity contribution in [2.45, 2.75) is 18.4 Å². The summed E-state index contributed by atoms with van der Waals surface area (Å²) in [5, 5.41) is 8.59. The Morgan fingerprint density at radius 2 is 2.00 bits per heavy atom. The summed E-state index contributed by atoms with van der Waals surface area (Å²) in [7, 11) is 0. The molecule has 1 fully saturated rings. The van der Waals surface area contributed by atoms with Crippen LogP contribution >= 0.6 is 15.9 Å². The first-order valence-electron chi connectivity index (χ1n) is 10.3. The summed E-state index contributed by atoms with van der Waals surface area (Å²) in [6, 6.07) is 15.8. The van der Waals surface area contributed by atoms with Crippen LogP contribution in [-0.4, -0.2) is 55.9 Å². The molecule has 0 N–H and O–H groups in total. The van der Waals surface area contributed by atoms with E-state index < -0.39 is 18.4 Å². The molecule has 1 aliphatic rings. The number of carbonyl (C=O) groups excluding carboxylic acids is 1. The number of carbonyl (C=O) groups is 1. The molecule has 168 valence electrons. The van der Waals surface area contributed by atoms with E-state index in [9.17, 15) is 13.6 Å². The van der Waals surface area contributed by atoms with Crippen molar-refractivity contribution in [1.82, 2.24) is 24.9 Å². The molecule has 0 saturated carbocycles. The SMILES string of the molecule is O=C(c1cc(Br)cc(-n2ccnn2)c1)N1CCC(F)(F)[C@@H](Oc2ccc3ccccc3n2)C1. The molecule has 2 aromatic carbocycles. The summed E-state index contributed by atoms with van der Waals surface area (Å²) < 4.78 is 37.2.